The minimum Gasteiger partial charge on any atom is -0.384 e. The van der Waals surface area contributed by atoms with E-state index in [1.165, 1.54) is 6.07 Å². The average Bonchev–Trinajstić information content (AvgIpc) is 2.34. The monoisotopic (exact) mass is 357 g/mol. The Hall–Kier alpha value is -0.420. The minimum absolute atomic E-state index is 0.433. The summed E-state index contributed by atoms with van der Waals surface area (Å²) in [6, 6.07) is 3.63. The number of halogens is 5. The van der Waals surface area contributed by atoms with Gasteiger partial charge in [0.05, 0.1) is 5.56 Å². The molecule has 1 aromatic carbocycles. The Labute approximate surface area is 124 Å². The van der Waals surface area contributed by atoms with Crippen molar-refractivity contribution < 1.29 is 13.2 Å². The van der Waals surface area contributed by atoms with Crippen LogP contribution in [0.2, 0.25) is 0 Å². The minimum atomic E-state index is -4.30. The van der Waals surface area contributed by atoms with E-state index in [-0.39, 0.29) is 0 Å². The molecular formula is C13H16BrClF3N. The van der Waals surface area contributed by atoms with E-state index >= 15 is 0 Å². The molecule has 0 unspecified atom stereocenters. The summed E-state index contributed by atoms with van der Waals surface area (Å²) in [6.07, 6.45) is -0.171. The molecule has 0 aliphatic carbocycles. The zero-order chi connectivity index (χ0) is 14.3. The number of rotatable bonds is 7. The molecule has 0 heterocycles. The van der Waals surface area contributed by atoms with E-state index in [1.807, 2.05) is 0 Å². The van der Waals surface area contributed by atoms with E-state index in [4.69, 9.17) is 11.6 Å². The number of unbranched alkanes of at least 4 members (excludes halogenated alkanes) is 3. The smallest absolute Gasteiger partial charge is 0.384 e. The van der Waals surface area contributed by atoms with Crippen LogP contribution in [-0.4, -0.2) is 12.4 Å². The van der Waals surface area contributed by atoms with E-state index in [9.17, 15) is 13.2 Å². The van der Waals surface area contributed by atoms with Crippen LogP contribution in [0.5, 0.6) is 0 Å². The van der Waals surface area contributed by atoms with Crippen molar-refractivity contribution in [2.75, 3.05) is 17.7 Å². The summed E-state index contributed by atoms with van der Waals surface area (Å²) in [6.45, 7) is 0.742. The molecule has 0 aromatic heterocycles. The van der Waals surface area contributed by atoms with Gasteiger partial charge < -0.3 is 5.32 Å². The summed E-state index contributed by atoms with van der Waals surface area (Å²) >= 11 is 8.72. The maximum absolute atomic E-state index is 12.5. The summed E-state index contributed by atoms with van der Waals surface area (Å²) in [5.74, 6) is 0.678. The van der Waals surface area contributed by atoms with Crippen LogP contribution in [0.1, 0.15) is 31.2 Å². The average molecular weight is 359 g/mol. The van der Waals surface area contributed by atoms with Crippen molar-refractivity contribution in [3.05, 3.63) is 28.2 Å². The molecule has 6 heteroatoms. The molecule has 0 saturated carbocycles. The molecule has 1 N–H and O–H groups in total. The van der Waals surface area contributed by atoms with Gasteiger partial charge in [-0.05, 0) is 47.0 Å². The fourth-order valence-corrected chi connectivity index (χ4v) is 2.34. The lowest BCUT2D eigenvalue weighted by molar-refractivity contribution is -0.137. The normalized spacial score (nSPS) is 11.6. The summed E-state index contributed by atoms with van der Waals surface area (Å²) < 4.78 is 37.9. The fraction of sp³-hybridized carbons (Fsp3) is 0.538. The van der Waals surface area contributed by atoms with Gasteiger partial charge in [0.1, 0.15) is 0 Å². The zero-order valence-electron chi connectivity index (χ0n) is 10.4. The number of anilines is 1. The van der Waals surface area contributed by atoms with Crippen molar-refractivity contribution in [3.63, 3.8) is 0 Å². The molecule has 0 amide bonds. The zero-order valence-corrected chi connectivity index (χ0v) is 12.7. The summed E-state index contributed by atoms with van der Waals surface area (Å²) in [7, 11) is 0. The largest absolute Gasteiger partial charge is 0.416 e. The summed E-state index contributed by atoms with van der Waals surface area (Å²) in [5.41, 5.74) is 0.0392. The number of benzene rings is 1. The van der Waals surface area contributed by atoms with Gasteiger partial charge in [-0.3, -0.25) is 0 Å². The third kappa shape index (κ3) is 6.04. The lowest BCUT2D eigenvalue weighted by atomic mass is 10.2. The Morgan fingerprint density at radius 2 is 1.79 bits per heavy atom. The highest BCUT2D eigenvalue weighted by Crippen LogP contribution is 2.33. The number of hydrogen-bond donors (Lipinski definition) is 1. The second kappa shape index (κ2) is 8.00. The van der Waals surface area contributed by atoms with Crippen molar-refractivity contribution in [2.24, 2.45) is 0 Å². The van der Waals surface area contributed by atoms with E-state index < -0.39 is 11.7 Å². The van der Waals surface area contributed by atoms with Crippen LogP contribution in [0, 0.1) is 0 Å². The summed E-state index contributed by atoms with van der Waals surface area (Å²) in [4.78, 5) is 0. The molecule has 0 bridgehead atoms. The van der Waals surface area contributed by atoms with E-state index in [2.05, 4.69) is 21.2 Å². The molecular weight excluding hydrogens is 343 g/mol. The third-order valence-electron chi connectivity index (χ3n) is 2.67. The summed E-state index contributed by atoms with van der Waals surface area (Å²) in [5, 5.41) is 3.12. The predicted octanol–water partition coefficient (Wildman–Crippen LogP) is 5.68. The molecule has 1 rings (SSSR count). The topological polar surface area (TPSA) is 12.0 Å². The molecule has 0 saturated heterocycles. The molecule has 0 atom stereocenters. The highest BCUT2D eigenvalue weighted by molar-refractivity contribution is 9.10. The van der Waals surface area contributed by atoms with Crippen molar-refractivity contribution in [3.8, 4) is 0 Å². The second-order valence-corrected chi connectivity index (χ2v) is 5.45. The van der Waals surface area contributed by atoms with Crippen LogP contribution >= 0.6 is 27.5 Å². The first-order valence-corrected chi connectivity index (χ1v) is 7.44. The molecule has 0 fully saturated rings. The molecule has 0 aliphatic rings. The highest BCUT2D eigenvalue weighted by atomic mass is 79.9. The van der Waals surface area contributed by atoms with Gasteiger partial charge in [-0.15, -0.1) is 11.6 Å². The molecule has 19 heavy (non-hydrogen) atoms. The fourth-order valence-electron chi connectivity index (χ4n) is 1.63. The molecule has 1 aromatic rings. The lowest BCUT2D eigenvalue weighted by Crippen LogP contribution is -2.07. The van der Waals surface area contributed by atoms with Crippen LogP contribution in [-0.2, 0) is 6.18 Å². The van der Waals surface area contributed by atoms with Crippen molar-refractivity contribution in [1.82, 2.24) is 0 Å². The highest BCUT2D eigenvalue weighted by Gasteiger charge is 2.30. The Balaban J connectivity index is 2.43. The first-order chi connectivity index (χ1) is 8.95. The van der Waals surface area contributed by atoms with Crippen LogP contribution in [0.3, 0.4) is 0 Å². The second-order valence-electron chi connectivity index (χ2n) is 4.22. The van der Waals surface area contributed by atoms with Gasteiger partial charge in [0.2, 0.25) is 0 Å². The molecule has 0 spiro atoms. The van der Waals surface area contributed by atoms with Crippen molar-refractivity contribution in [1.29, 1.82) is 0 Å². The Kier molecular flexibility index (Phi) is 7.00. The number of nitrogens with one attached hydrogen (secondary N) is 1. The van der Waals surface area contributed by atoms with Crippen LogP contribution in [0.15, 0.2) is 22.7 Å². The van der Waals surface area contributed by atoms with Gasteiger partial charge in [-0.1, -0.05) is 12.8 Å². The maximum atomic E-state index is 12.5. The molecule has 108 valence electrons. The SMILES string of the molecule is FC(F)(F)c1ccc(NCCCCCCCl)c(Br)c1. The van der Waals surface area contributed by atoms with E-state index in [0.717, 1.165) is 44.4 Å². The van der Waals surface area contributed by atoms with Gasteiger partial charge in [-0.2, -0.15) is 13.2 Å². The van der Waals surface area contributed by atoms with Gasteiger partial charge >= 0.3 is 6.18 Å². The molecule has 0 aliphatic heterocycles. The standard InChI is InChI=1S/C13H16BrClF3N/c14-11-9-10(13(16,17)18)5-6-12(11)19-8-4-2-1-3-7-15/h5-6,9,19H,1-4,7-8H2. The van der Waals surface area contributed by atoms with E-state index in [1.54, 1.807) is 0 Å². The van der Waals surface area contributed by atoms with Crippen LogP contribution < -0.4 is 5.32 Å². The Morgan fingerprint density at radius 1 is 1.11 bits per heavy atom. The van der Waals surface area contributed by atoms with Gasteiger partial charge in [0.25, 0.3) is 0 Å². The predicted molar refractivity (Wildman–Crippen MR) is 76.8 cm³/mol. The van der Waals surface area contributed by atoms with Crippen molar-refractivity contribution in [2.45, 2.75) is 31.9 Å². The lowest BCUT2D eigenvalue weighted by Gasteiger charge is -2.12. The molecule has 0 radical (unpaired) electrons. The van der Waals surface area contributed by atoms with Crippen LogP contribution in [0.25, 0.3) is 0 Å². The number of hydrogen-bond acceptors (Lipinski definition) is 1. The Bertz CT molecular complexity index is 396. The van der Waals surface area contributed by atoms with Gasteiger partial charge in [0.15, 0.2) is 0 Å². The third-order valence-corrected chi connectivity index (χ3v) is 3.60. The van der Waals surface area contributed by atoms with Crippen LogP contribution in [0.4, 0.5) is 18.9 Å². The van der Waals surface area contributed by atoms with Crippen molar-refractivity contribution >= 4 is 33.2 Å². The maximum Gasteiger partial charge on any atom is 0.416 e. The quantitative estimate of drug-likeness (QED) is 0.488. The number of alkyl halides is 4. The van der Waals surface area contributed by atoms with Gasteiger partial charge in [0, 0.05) is 22.6 Å². The first-order valence-electron chi connectivity index (χ1n) is 6.11. The van der Waals surface area contributed by atoms with E-state index in [0.29, 0.717) is 16.0 Å². The molecule has 1 nitrogen and oxygen atoms in total. The first kappa shape index (κ1) is 16.6. The van der Waals surface area contributed by atoms with Gasteiger partial charge in [-0.25, -0.2) is 0 Å². The Morgan fingerprint density at radius 3 is 2.37 bits per heavy atom.